The summed E-state index contributed by atoms with van der Waals surface area (Å²) in [5.74, 6) is 0. The fraction of sp³-hybridized carbons (Fsp3) is 0.333. The molecular weight excluding hydrogens is 158 g/mol. The van der Waals surface area contributed by atoms with Crippen molar-refractivity contribution in [3.05, 3.63) is 28.8 Å². The lowest BCUT2D eigenvalue weighted by atomic mass is 10.1. The highest BCUT2D eigenvalue weighted by atomic mass is 35.5. The SMILES string of the molecule is CCc1cc(Cl)ccc1NC. The Morgan fingerprint density at radius 2 is 2.18 bits per heavy atom. The van der Waals surface area contributed by atoms with E-state index in [9.17, 15) is 0 Å². The maximum Gasteiger partial charge on any atom is 0.0410 e. The molecule has 1 aromatic carbocycles. The van der Waals surface area contributed by atoms with Crippen molar-refractivity contribution in [2.45, 2.75) is 13.3 Å². The maximum atomic E-state index is 5.82. The number of anilines is 1. The van der Waals surface area contributed by atoms with E-state index in [1.165, 1.54) is 5.56 Å². The Kier molecular flexibility index (Phi) is 2.77. The van der Waals surface area contributed by atoms with Gasteiger partial charge in [0, 0.05) is 17.8 Å². The molecular formula is C9H12ClN. The zero-order chi connectivity index (χ0) is 8.27. The Bertz CT molecular complexity index is 245. The van der Waals surface area contributed by atoms with E-state index in [2.05, 4.69) is 12.2 Å². The smallest absolute Gasteiger partial charge is 0.0410 e. The topological polar surface area (TPSA) is 12.0 Å². The monoisotopic (exact) mass is 169 g/mol. The van der Waals surface area contributed by atoms with Gasteiger partial charge in [-0.3, -0.25) is 0 Å². The average molecular weight is 170 g/mol. The second kappa shape index (κ2) is 3.63. The summed E-state index contributed by atoms with van der Waals surface area (Å²) in [5.41, 5.74) is 2.43. The van der Waals surface area contributed by atoms with E-state index < -0.39 is 0 Å². The largest absolute Gasteiger partial charge is 0.388 e. The summed E-state index contributed by atoms with van der Waals surface area (Å²) in [4.78, 5) is 0. The van der Waals surface area contributed by atoms with Gasteiger partial charge in [-0.15, -0.1) is 0 Å². The lowest BCUT2D eigenvalue weighted by Crippen LogP contribution is -1.93. The Balaban J connectivity index is 3.06. The van der Waals surface area contributed by atoms with E-state index in [0.717, 1.165) is 17.1 Å². The van der Waals surface area contributed by atoms with Crippen molar-refractivity contribution in [1.82, 2.24) is 0 Å². The first-order chi connectivity index (χ1) is 5.27. The van der Waals surface area contributed by atoms with Gasteiger partial charge in [-0.2, -0.15) is 0 Å². The van der Waals surface area contributed by atoms with E-state index in [4.69, 9.17) is 11.6 Å². The molecule has 0 fully saturated rings. The van der Waals surface area contributed by atoms with Crippen LogP contribution in [0, 0.1) is 0 Å². The molecule has 0 aliphatic carbocycles. The molecule has 0 bridgehead atoms. The molecule has 0 aromatic heterocycles. The van der Waals surface area contributed by atoms with Gasteiger partial charge < -0.3 is 5.32 Å². The van der Waals surface area contributed by atoms with Crippen LogP contribution in [0.3, 0.4) is 0 Å². The van der Waals surface area contributed by atoms with Crippen LogP contribution >= 0.6 is 11.6 Å². The third kappa shape index (κ3) is 1.87. The van der Waals surface area contributed by atoms with Crippen LogP contribution in [0.2, 0.25) is 5.02 Å². The van der Waals surface area contributed by atoms with Gasteiger partial charge in [0.15, 0.2) is 0 Å². The number of hydrogen-bond acceptors (Lipinski definition) is 1. The molecule has 11 heavy (non-hydrogen) atoms. The molecule has 2 heteroatoms. The number of rotatable bonds is 2. The number of aryl methyl sites for hydroxylation is 1. The first-order valence-electron chi connectivity index (χ1n) is 3.74. The zero-order valence-electron chi connectivity index (χ0n) is 6.82. The Hall–Kier alpha value is -0.690. The molecule has 0 amide bonds. The lowest BCUT2D eigenvalue weighted by molar-refractivity contribution is 1.14. The standard InChI is InChI=1S/C9H12ClN/c1-3-7-6-8(10)4-5-9(7)11-2/h4-6,11H,3H2,1-2H3. The first-order valence-corrected chi connectivity index (χ1v) is 4.12. The molecule has 0 unspecified atom stereocenters. The van der Waals surface area contributed by atoms with Crippen molar-refractivity contribution >= 4 is 17.3 Å². The van der Waals surface area contributed by atoms with Crippen LogP contribution in [-0.4, -0.2) is 7.05 Å². The van der Waals surface area contributed by atoms with Crippen LogP contribution in [-0.2, 0) is 6.42 Å². The van der Waals surface area contributed by atoms with Crippen molar-refractivity contribution in [2.24, 2.45) is 0 Å². The molecule has 0 radical (unpaired) electrons. The molecule has 0 aliphatic rings. The van der Waals surface area contributed by atoms with Gasteiger partial charge in [-0.1, -0.05) is 18.5 Å². The van der Waals surface area contributed by atoms with E-state index in [1.54, 1.807) is 0 Å². The summed E-state index contributed by atoms with van der Waals surface area (Å²) in [6.45, 7) is 2.12. The van der Waals surface area contributed by atoms with Crippen molar-refractivity contribution < 1.29 is 0 Å². The molecule has 1 nitrogen and oxygen atoms in total. The van der Waals surface area contributed by atoms with E-state index in [-0.39, 0.29) is 0 Å². The van der Waals surface area contributed by atoms with Crippen molar-refractivity contribution in [2.75, 3.05) is 12.4 Å². The van der Waals surface area contributed by atoms with Gasteiger partial charge in [-0.05, 0) is 30.2 Å². The molecule has 0 saturated heterocycles. The van der Waals surface area contributed by atoms with E-state index >= 15 is 0 Å². The van der Waals surface area contributed by atoms with Crippen LogP contribution in [0.1, 0.15) is 12.5 Å². The molecule has 0 spiro atoms. The third-order valence-corrected chi connectivity index (χ3v) is 1.95. The summed E-state index contributed by atoms with van der Waals surface area (Å²) < 4.78 is 0. The zero-order valence-corrected chi connectivity index (χ0v) is 7.57. The van der Waals surface area contributed by atoms with E-state index in [1.807, 2.05) is 25.2 Å². The number of halogens is 1. The molecule has 1 aromatic rings. The Labute approximate surface area is 72.4 Å². The Morgan fingerprint density at radius 1 is 1.45 bits per heavy atom. The number of hydrogen-bond donors (Lipinski definition) is 1. The average Bonchev–Trinajstić information content (AvgIpc) is 2.04. The van der Waals surface area contributed by atoms with Gasteiger partial charge in [0.2, 0.25) is 0 Å². The van der Waals surface area contributed by atoms with Gasteiger partial charge in [-0.25, -0.2) is 0 Å². The van der Waals surface area contributed by atoms with Crippen molar-refractivity contribution in [1.29, 1.82) is 0 Å². The Morgan fingerprint density at radius 3 is 2.73 bits per heavy atom. The van der Waals surface area contributed by atoms with Gasteiger partial charge in [0.25, 0.3) is 0 Å². The second-order valence-corrected chi connectivity index (χ2v) is 2.84. The molecule has 0 heterocycles. The number of benzene rings is 1. The van der Waals surface area contributed by atoms with Gasteiger partial charge >= 0.3 is 0 Å². The minimum Gasteiger partial charge on any atom is -0.388 e. The van der Waals surface area contributed by atoms with Crippen molar-refractivity contribution in [3.8, 4) is 0 Å². The van der Waals surface area contributed by atoms with Crippen LogP contribution in [0.4, 0.5) is 5.69 Å². The first kappa shape index (κ1) is 8.41. The molecule has 1 N–H and O–H groups in total. The maximum absolute atomic E-state index is 5.82. The second-order valence-electron chi connectivity index (χ2n) is 2.41. The molecule has 0 aliphatic heterocycles. The predicted molar refractivity (Wildman–Crippen MR) is 50.4 cm³/mol. The minimum absolute atomic E-state index is 0.806. The van der Waals surface area contributed by atoms with Crippen LogP contribution < -0.4 is 5.32 Å². The van der Waals surface area contributed by atoms with Gasteiger partial charge in [0.05, 0.1) is 0 Å². The molecule has 60 valence electrons. The lowest BCUT2D eigenvalue weighted by Gasteiger charge is -2.06. The van der Waals surface area contributed by atoms with Gasteiger partial charge in [0.1, 0.15) is 0 Å². The summed E-state index contributed by atoms with van der Waals surface area (Å²) in [5, 5.41) is 3.92. The fourth-order valence-corrected chi connectivity index (χ4v) is 1.29. The van der Waals surface area contributed by atoms with Crippen LogP contribution in [0.15, 0.2) is 18.2 Å². The minimum atomic E-state index is 0.806. The normalized spacial score (nSPS) is 9.73. The predicted octanol–water partition coefficient (Wildman–Crippen LogP) is 2.94. The van der Waals surface area contributed by atoms with E-state index in [0.29, 0.717) is 0 Å². The quantitative estimate of drug-likeness (QED) is 0.718. The summed E-state index contributed by atoms with van der Waals surface area (Å²) in [7, 11) is 1.92. The highest BCUT2D eigenvalue weighted by Gasteiger charge is 1.97. The highest BCUT2D eigenvalue weighted by Crippen LogP contribution is 2.20. The number of nitrogens with one attached hydrogen (secondary N) is 1. The summed E-state index contributed by atoms with van der Waals surface area (Å²) in [6, 6.07) is 5.89. The fourth-order valence-electron chi connectivity index (χ4n) is 1.10. The molecule has 1 rings (SSSR count). The highest BCUT2D eigenvalue weighted by molar-refractivity contribution is 6.30. The van der Waals surface area contributed by atoms with Crippen molar-refractivity contribution in [3.63, 3.8) is 0 Å². The van der Waals surface area contributed by atoms with Crippen LogP contribution in [0.25, 0.3) is 0 Å². The van der Waals surface area contributed by atoms with Crippen LogP contribution in [0.5, 0.6) is 0 Å². The summed E-state index contributed by atoms with van der Waals surface area (Å²) in [6.07, 6.45) is 1.01. The third-order valence-electron chi connectivity index (χ3n) is 1.72. The molecule has 0 saturated carbocycles. The summed E-state index contributed by atoms with van der Waals surface area (Å²) >= 11 is 5.82. The molecule has 0 atom stereocenters.